The van der Waals surface area contributed by atoms with E-state index in [1.54, 1.807) is 23.8 Å². The Labute approximate surface area is 189 Å². The summed E-state index contributed by atoms with van der Waals surface area (Å²) in [6.07, 6.45) is 1.92. The Kier molecular flexibility index (Phi) is 5.02. The molecule has 9 nitrogen and oxygen atoms in total. The fraction of sp³-hybridized carbons (Fsp3) is 0.333. The van der Waals surface area contributed by atoms with Crippen LogP contribution in [0.25, 0.3) is 22.3 Å². The van der Waals surface area contributed by atoms with Gasteiger partial charge >= 0.3 is 5.97 Å². The maximum atomic E-state index is 13.2. The first-order valence-electron chi connectivity index (χ1n) is 10.9. The van der Waals surface area contributed by atoms with Gasteiger partial charge in [-0.15, -0.1) is 0 Å². The Morgan fingerprint density at radius 2 is 2.15 bits per heavy atom. The number of carbonyl (C=O) groups is 1. The number of aliphatic hydroxyl groups is 1. The molecule has 2 atom stereocenters. The van der Waals surface area contributed by atoms with Crippen LogP contribution in [0.3, 0.4) is 0 Å². The Hall–Kier alpha value is -3.56. The van der Waals surface area contributed by atoms with Crippen molar-refractivity contribution in [1.29, 1.82) is 0 Å². The number of pyridine rings is 2. The highest BCUT2D eigenvalue weighted by Crippen LogP contribution is 2.38. The van der Waals surface area contributed by atoms with E-state index in [9.17, 15) is 14.7 Å². The van der Waals surface area contributed by atoms with Gasteiger partial charge in [0.1, 0.15) is 6.61 Å². The average Bonchev–Trinajstić information content (AvgIpc) is 3.18. The molecule has 2 aliphatic heterocycles. The lowest BCUT2D eigenvalue weighted by atomic mass is 9.86. The number of hydrogen-bond acceptors (Lipinski definition) is 8. The normalized spacial score (nSPS) is 19.8. The second-order valence-corrected chi connectivity index (χ2v) is 8.34. The zero-order valence-electron chi connectivity index (χ0n) is 18.4. The van der Waals surface area contributed by atoms with E-state index in [-0.39, 0.29) is 18.6 Å². The van der Waals surface area contributed by atoms with Gasteiger partial charge in [0.25, 0.3) is 5.56 Å². The summed E-state index contributed by atoms with van der Waals surface area (Å²) in [7, 11) is 0. The van der Waals surface area contributed by atoms with E-state index in [0.717, 1.165) is 22.0 Å². The quantitative estimate of drug-likeness (QED) is 0.207. The Morgan fingerprint density at radius 1 is 1.33 bits per heavy atom. The summed E-state index contributed by atoms with van der Waals surface area (Å²) >= 11 is 0. The van der Waals surface area contributed by atoms with Crippen LogP contribution < -0.4 is 11.3 Å². The third-order valence-corrected chi connectivity index (χ3v) is 6.33. The van der Waals surface area contributed by atoms with Gasteiger partial charge < -0.3 is 19.2 Å². The van der Waals surface area contributed by atoms with Gasteiger partial charge in [0, 0.05) is 16.5 Å². The Morgan fingerprint density at radius 3 is 2.91 bits per heavy atom. The van der Waals surface area contributed by atoms with Gasteiger partial charge in [0.05, 0.1) is 35.2 Å². The first-order chi connectivity index (χ1) is 15.9. The van der Waals surface area contributed by atoms with Crippen molar-refractivity contribution in [2.24, 2.45) is 10.9 Å². The third-order valence-electron chi connectivity index (χ3n) is 6.33. The SMILES string of the molecule is CCC(N)O/N=C/c1ccc2nc3c(cc2c1)Cn1c-3cc2c(c1=O)COC(=O)[C@]2(O)CC. The fourth-order valence-electron chi connectivity index (χ4n) is 4.33. The molecule has 0 amide bonds. The van der Waals surface area contributed by atoms with Gasteiger partial charge in [-0.3, -0.25) is 10.5 Å². The molecule has 0 aliphatic carbocycles. The molecule has 3 N–H and O–H groups in total. The molecule has 0 radical (unpaired) electrons. The number of nitrogens with zero attached hydrogens (tertiary/aromatic N) is 3. The van der Waals surface area contributed by atoms with Gasteiger partial charge in [0.2, 0.25) is 0 Å². The van der Waals surface area contributed by atoms with E-state index in [1.807, 2.05) is 31.2 Å². The lowest BCUT2D eigenvalue weighted by molar-refractivity contribution is -0.172. The summed E-state index contributed by atoms with van der Waals surface area (Å²) < 4.78 is 6.73. The maximum absolute atomic E-state index is 13.2. The Balaban J connectivity index is 1.58. The molecule has 170 valence electrons. The predicted octanol–water partition coefficient (Wildman–Crippen LogP) is 2.12. The average molecular weight is 448 g/mol. The molecule has 0 fully saturated rings. The number of hydrogen-bond donors (Lipinski definition) is 2. The van der Waals surface area contributed by atoms with Crippen LogP contribution in [0.2, 0.25) is 0 Å². The van der Waals surface area contributed by atoms with Crippen molar-refractivity contribution in [3.05, 3.63) is 62.9 Å². The van der Waals surface area contributed by atoms with E-state index in [0.29, 0.717) is 35.5 Å². The van der Waals surface area contributed by atoms with Gasteiger partial charge in [0.15, 0.2) is 11.8 Å². The summed E-state index contributed by atoms with van der Waals surface area (Å²) in [5.74, 6) is -0.732. The molecular formula is C24H24N4O5. The largest absolute Gasteiger partial charge is 0.458 e. The Bertz CT molecular complexity index is 1380. The van der Waals surface area contributed by atoms with Gasteiger partial charge in [-0.1, -0.05) is 25.1 Å². The zero-order chi connectivity index (χ0) is 23.3. The highest BCUT2D eigenvalue weighted by molar-refractivity contribution is 5.91. The van der Waals surface area contributed by atoms with E-state index in [2.05, 4.69) is 5.16 Å². The fourth-order valence-corrected chi connectivity index (χ4v) is 4.33. The number of cyclic esters (lactones) is 1. The molecule has 1 aromatic carbocycles. The second-order valence-electron chi connectivity index (χ2n) is 8.34. The minimum atomic E-state index is -1.83. The van der Waals surface area contributed by atoms with Crippen molar-refractivity contribution in [3.8, 4) is 11.4 Å². The molecule has 9 heteroatoms. The van der Waals surface area contributed by atoms with Crippen LogP contribution in [-0.4, -0.2) is 33.1 Å². The zero-order valence-corrected chi connectivity index (χ0v) is 18.4. The van der Waals surface area contributed by atoms with E-state index < -0.39 is 17.8 Å². The minimum absolute atomic E-state index is 0.108. The number of ether oxygens (including phenoxy) is 1. The van der Waals surface area contributed by atoms with Gasteiger partial charge in [-0.05, 0) is 42.7 Å². The summed E-state index contributed by atoms with van der Waals surface area (Å²) in [5, 5.41) is 15.8. The molecule has 0 spiro atoms. The first-order valence-corrected chi connectivity index (χ1v) is 10.9. The topological polar surface area (TPSA) is 129 Å². The lowest BCUT2D eigenvalue weighted by Gasteiger charge is -2.31. The molecule has 2 aromatic heterocycles. The highest BCUT2D eigenvalue weighted by atomic mass is 16.6. The standard InChI is InChI=1S/C24H24N4O5/c1-3-20(25)33-26-10-13-5-6-18-14(7-13)8-15-11-28-19(21(15)27-18)9-17-16(22(28)29)12-32-23(30)24(17,31)4-2/h5-10,20,31H,3-4,11-12,25H2,1-2H3/b26-10+/t20?,24-/m0/s1. The number of aromatic nitrogens is 2. The van der Waals surface area contributed by atoms with E-state index in [1.165, 1.54) is 0 Å². The number of esters is 1. The summed E-state index contributed by atoms with van der Waals surface area (Å²) in [6, 6.07) is 9.38. The third kappa shape index (κ3) is 3.32. The van der Waals surface area contributed by atoms with Crippen molar-refractivity contribution in [2.45, 2.75) is 51.7 Å². The van der Waals surface area contributed by atoms with Crippen LogP contribution in [0.4, 0.5) is 0 Å². The monoisotopic (exact) mass is 448 g/mol. The minimum Gasteiger partial charge on any atom is -0.458 e. The van der Waals surface area contributed by atoms with Gasteiger partial charge in [-0.2, -0.15) is 0 Å². The van der Waals surface area contributed by atoms with Crippen LogP contribution in [0.1, 0.15) is 48.9 Å². The molecular weight excluding hydrogens is 424 g/mol. The summed E-state index contributed by atoms with van der Waals surface area (Å²) in [6.45, 7) is 3.80. The van der Waals surface area contributed by atoms with Crippen LogP contribution in [-0.2, 0) is 33.1 Å². The van der Waals surface area contributed by atoms with Crippen LogP contribution in [0.15, 0.2) is 40.3 Å². The molecule has 1 unspecified atom stereocenters. The maximum Gasteiger partial charge on any atom is 0.343 e. The molecule has 3 aromatic rings. The number of oxime groups is 1. The van der Waals surface area contributed by atoms with Crippen LogP contribution in [0.5, 0.6) is 0 Å². The summed E-state index contributed by atoms with van der Waals surface area (Å²) in [4.78, 5) is 35.4. The lowest BCUT2D eigenvalue weighted by Crippen LogP contribution is -2.44. The van der Waals surface area contributed by atoms with Crippen molar-refractivity contribution >= 4 is 23.1 Å². The second kappa shape index (κ2) is 7.79. The van der Waals surface area contributed by atoms with Crippen LogP contribution >= 0.6 is 0 Å². The number of fused-ring (bicyclic) bond motifs is 5. The molecule has 4 heterocycles. The van der Waals surface area contributed by atoms with E-state index >= 15 is 0 Å². The molecule has 2 aliphatic rings. The molecule has 0 saturated carbocycles. The van der Waals surface area contributed by atoms with Gasteiger partial charge in [-0.25, -0.2) is 9.78 Å². The number of carbonyl (C=O) groups excluding carboxylic acids is 1. The van der Waals surface area contributed by atoms with Crippen molar-refractivity contribution in [2.75, 3.05) is 0 Å². The van der Waals surface area contributed by atoms with E-state index in [4.69, 9.17) is 20.3 Å². The van der Waals surface area contributed by atoms with Crippen molar-refractivity contribution in [3.63, 3.8) is 0 Å². The number of benzene rings is 1. The molecule has 0 bridgehead atoms. The number of rotatable bonds is 5. The van der Waals surface area contributed by atoms with Crippen molar-refractivity contribution < 1.29 is 19.5 Å². The van der Waals surface area contributed by atoms with Crippen molar-refractivity contribution in [1.82, 2.24) is 9.55 Å². The smallest absolute Gasteiger partial charge is 0.343 e. The van der Waals surface area contributed by atoms with Crippen LogP contribution in [0, 0.1) is 0 Å². The first kappa shape index (κ1) is 21.3. The molecule has 5 rings (SSSR count). The number of nitrogens with two attached hydrogens (primary N) is 1. The molecule has 0 saturated heterocycles. The highest BCUT2D eigenvalue weighted by Gasteiger charge is 2.45. The molecule has 33 heavy (non-hydrogen) atoms. The summed E-state index contributed by atoms with van der Waals surface area (Å²) in [5.41, 5.74) is 7.93. The predicted molar refractivity (Wildman–Crippen MR) is 121 cm³/mol.